The molecule has 0 amide bonds. The van der Waals surface area contributed by atoms with E-state index in [9.17, 15) is 9.90 Å². The fourth-order valence-corrected chi connectivity index (χ4v) is 9.87. The van der Waals surface area contributed by atoms with E-state index in [1.165, 1.54) is 21.5 Å². The molecule has 0 bridgehead atoms. The Hall–Kier alpha value is -2.32. The van der Waals surface area contributed by atoms with Gasteiger partial charge in [0.25, 0.3) is 0 Å². The number of ketones is 1. The predicted octanol–water partition coefficient (Wildman–Crippen LogP) is 3.10. The molecule has 2 nitrogen and oxygen atoms in total. The van der Waals surface area contributed by atoms with E-state index in [0.29, 0.717) is 6.42 Å². The third-order valence-corrected chi connectivity index (χ3v) is 12.1. The molecule has 0 spiro atoms. The van der Waals surface area contributed by atoms with Gasteiger partial charge in [-0.15, -0.1) is 0 Å². The average Bonchev–Trinajstić information content (AvgIpc) is 2.89. The summed E-state index contributed by atoms with van der Waals surface area (Å²) >= 11 is 0. The van der Waals surface area contributed by atoms with E-state index in [1.54, 1.807) is 0 Å². The van der Waals surface area contributed by atoms with Crippen LogP contribution < -0.4 is 32.9 Å². The number of carbonyl (C=O) groups excluding carboxylic acids is 1. The number of hydrogen-bond acceptors (Lipinski definition) is 2. The van der Waals surface area contributed by atoms with Crippen LogP contribution in [0.3, 0.4) is 0 Å². The van der Waals surface area contributed by atoms with Crippen molar-refractivity contribution >= 4 is 29.0 Å². The Labute approximate surface area is 233 Å². The predicted molar refractivity (Wildman–Crippen MR) is 155 cm³/mol. The summed E-state index contributed by atoms with van der Waals surface area (Å²) in [5.74, 6) is -0.112. The van der Waals surface area contributed by atoms with E-state index < -0.39 is 13.4 Å². The second-order valence-electron chi connectivity index (χ2n) is 10.7. The zero-order valence-corrected chi connectivity index (χ0v) is 24.7. The summed E-state index contributed by atoms with van der Waals surface area (Å²) in [5.41, 5.74) is 1.07. The highest BCUT2D eigenvalue weighted by Gasteiger charge is 2.45. The van der Waals surface area contributed by atoms with E-state index in [2.05, 4.69) is 130 Å². The number of hydrogen-bond donors (Lipinski definition) is 1. The Kier molecular flexibility index (Phi) is 9.86. The maximum Gasteiger partial charge on any atom is 0.164 e. The van der Waals surface area contributed by atoms with Gasteiger partial charge in [-0.1, -0.05) is 93.1 Å². The van der Waals surface area contributed by atoms with E-state index in [-0.39, 0.29) is 40.0 Å². The van der Waals surface area contributed by atoms with Crippen molar-refractivity contribution < 1.29 is 26.9 Å². The van der Waals surface area contributed by atoms with Crippen molar-refractivity contribution in [2.45, 2.75) is 40.2 Å². The molecule has 1 N–H and O–H groups in total. The molecule has 3 aromatic carbocycles. The van der Waals surface area contributed by atoms with Gasteiger partial charge in [-0.25, -0.2) is 0 Å². The third kappa shape index (κ3) is 6.23. The van der Waals surface area contributed by atoms with Gasteiger partial charge in [0.05, 0.1) is 6.16 Å². The standard InChI is InChI=1S/C33H38O2P.BrH/c1-25(20-21-30-26(2)32(35)31(34)24-33(30,3)4)22-23-36(27-14-8-5-9-15-27,28-16-10-6-11-17-28)29-18-12-7-13-19-29;/h5-22,26,30-31,34H,23-24H2,1-4H3;1H/q+1;/p-1. The molecule has 3 aromatic rings. The fraction of sp³-hybridized carbons (Fsp3) is 0.303. The molecular weight excluding hydrogens is 539 g/mol. The first-order valence-corrected chi connectivity index (χ1v) is 14.8. The Balaban J connectivity index is 0.00000380. The minimum Gasteiger partial charge on any atom is -1.00 e. The Bertz CT molecular complexity index is 1120. The van der Waals surface area contributed by atoms with Crippen molar-refractivity contribution in [3.05, 3.63) is 115 Å². The second-order valence-corrected chi connectivity index (χ2v) is 14.3. The summed E-state index contributed by atoms with van der Waals surface area (Å²) < 4.78 is 0. The maximum absolute atomic E-state index is 12.5. The molecule has 194 valence electrons. The quantitative estimate of drug-likeness (QED) is 0.347. The first-order valence-electron chi connectivity index (χ1n) is 12.9. The molecule has 1 saturated carbocycles. The zero-order valence-electron chi connectivity index (χ0n) is 22.2. The normalized spacial score (nSPS) is 22.0. The van der Waals surface area contributed by atoms with Crippen LogP contribution in [0.2, 0.25) is 0 Å². The Morgan fingerprint density at radius 2 is 1.32 bits per heavy atom. The molecule has 4 heteroatoms. The van der Waals surface area contributed by atoms with Crippen molar-refractivity contribution in [2.75, 3.05) is 6.16 Å². The number of carbonyl (C=O) groups is 1. The van der Waals surface area contributed by atoms with E-state index in [4.69, 9.17) is 0 Å². The minimum atomic E-state index is -1.92. The summed E-state index contributed by atoms with van der Waals surface area (Å²) in [6.07, 6.45) is 7.34. The van der Waals surface area contributed by atoms with Crippen molar-refractivity contribution in [3.8, 4) is 0 Å². The monoisotopic (exact) mass is 576 g/mol. The molecule has 37 heavy (non-hydrogen) atoms. The molecule has 0 aromatic heterocycles. The van der Waals surface area contributed by atoms with Gasteiger partial charge < -0.3 is 22.1 Å². The number of halogens is 1. The van der Waals surface area contributed by atoms with E-state index >= 15 is 0 Å². The highest BCUT2D eigenvalue weighted by Crippen LogP contribution is 2.55. The fourth-order valence-electron chi connectivity index (χ4n) is 5.73. The lowest BCUT2D eigenvalue weighted by atomic mass is 9.62. The SMILES string of the molecule is CC(C=CC1C(C)C(=O)C(O)CC1(C)C)=CC[P+](c1ccccc1)(c1ccccc1)c1ccccc1.[Br-]. The minimum absolute atomic E-state index is 0. The number of aliphatic hydroxyl groups excluding tert-OH is 1. The first kappa shape index (κ1) is 29.2. The number of rotatable bonds is 7. The van der Waals surface area contributed by atoms with Gasteiger partial charge in [-0.05, 0) is 67.2 Å². The van der Waals surface area contributed by atoms with Crippen molar-refractivity contribution in [3.63, 3.8) is 0 Å². The maximum atomic E-state index is 12.5. The summed E-state index contributed by atoms with van der Waals surface area (Å²) in [7, 11) is -1.92. The lowest BCUT2D eigenvalue weighted by Crippen LogP contribution is -3.00. The molecule has 0 saturated heterocycles. The molecule has 3 atom stereocenters. The van der Waals surface area contributed by atoms with Crippen LogP contribution in [0, 0.1) is 17.3 Å². The van der Waals surface area contributed by atoms with Crippen molar-refractivity contribution in [2.24, 2.45) is 17.3 Å². The Morgan fingerprint density at radius 1 is 0.892 bits per heavy atom. The topological polar surface area (TPSA) is 37.3 Å². The smallest absolute Gasteiger partial charge is 0.164 e. The number of allylic oxidation sites excluding steroid dienone is 4. The summed E-state index contributed by atoms with van der Waals surface area (Å²) in [6, 6.07) is 32.8. The molecule has 1 fully saturated rings. The summed E-state index contributed by atoms with van der Waals surface area (Å²) in [4.78, 5) is 12.5. The highest BCUT2D eigenvalue weighted by atomic mass is 79.9. The van der Waals surface area contributed by atoms with Crippen molar-refractivity contribution in [1.82, 2.24) is 0 Å². The molecule has 3 unspecified atom stereocenters. The summed E-state index contributed by atoms with van der Waals surface area (Å²) in [5, 5.41) is 14.3. The lowest BCUT2D eigenvalue weighted by molar-refractivity contribution is -0.140. The van der Waals surface area contributed by atoms with Gasteiger partial charge in [0.1, 0.15) is 29.3 Å². The number of aliphatic hydroxyl groups is 1. The zero-order chi connectivity index (χ0) is 25.8. The molecule has 0 aliphatic heterocycles. The lowest BCUT2D eigenvalue weighted by Gasteiger charge is -2.42. The number of benzene rings is 3. The second kappa shape index (κ2) is 12.5. The average molecular weight is 578 g/mol. The van der Waals surface area contributed by atoms with Crippen LogP contribution in [0.15, 0.2) is 115 Å². The van der Waals surface area contributed by atoms with Crippen LogP contribution in [0.5, 0.6) is 0 Å². The van der Waals surface area contributed by atoms with Crippen LogP contribution in [-0.2, 0) is 4.79 Å². The molecular formula is C33H38BrO2P. The third-order valence-electron chi connectivity index (χ3n) is 7.78. The van der Waals surface area contributed by atoms with Crippen LogP contribution in [0.1, 0.15) is 34.1 Å². The van der Waals surface area contributed by atoms with Gasteiger partial charge in [-0.3, -0.25) is 4.79 Å². The molecule has 0 radical (unpaired) electrons. The first-order chi connectivity index (χ1) is 17.3. The summed E-state index contributed by atoms with van der Waals surface area (Å²) in [6.45, 7) is 8.43. The molecule has 0 heterocycles. The van der Waals surface area contributed by atoms with E-state index in [1.807, 2.05) is 6.92 Å². The van der Waals surface area contributed by atoms with E-state index in [0.717, 1.165) is 6.16 Å². The van der Waals surface area contributed by atoms with Gasteiger partial charge >= 0.3 is 0 Å². The van der Waals surface area contributed by atoms with Gasteiger partial charge in [-0.2, -0.15) is 0 Å². The van der Waals surface area contributed by atoms with Gasteiger partial charge in [0.2, 0.25) is 0 Å². The van der Waals surface area contributed by atoms with Gasteiger partial charge in [0, 0.05) is 5.92 Å². The van der Waals surface area contributed by atoms with Crippen LogP contribution in [0.4, 0.5) is 0 Å². The number of Topliss-reactive ketones (excluding diaryl/α,β-unsaturated/α-hetero) is 1. The molecule has 4 rings (SSSR count). The van der Waals surface area contributed by atoms with Crippen LogP contribution in [-0.4, -0.2) is 23.2 Å². The molecule has 1 aliphatic carbocycles. The highest BCUT2D eigenvalue weighted by molar-refractivity contribution is 7.95. The molecule has 1 aliphatic rings. The Morgan fingerprint density at radius 3 is 1.76 bits per heavy atom. The van der Waals surface area contributed by atoms with Crippen LogP contribution in [0.25, 0.3) is 0 Å². The largest absolute Gasteiger partial charge is 1.00 e. The van der Waals surface area contributed by atoms with Crippen LogP contribution >= 0.6 is 7.26 Å². The van der Waals surface area contributed by atoms with Gasteiger partial charge in [0.15, 0.2) is 5.78 Å². The van der Waals surface area contributed by atoms with Crippen molar-refractivity contribution in [1.29, 1.82) is 0 Å².